The number of benzene rings is 3. The molecule has 0 aliphatic heterocycles. The standard InChI is InChI=1S/C26H27FN2O3S/c1-18-12-14-21(15-13-18)28-25(30)17-33-19(2)26(31)29-23(20-8-4-3-5-9-20)16-32-24-11-7-6-10-22(24)27/h3-15,19,23H,16-17H2,1-2H3,(H,28,30)(H,29,31). The van der Waals surface area contributed by atoms with Crippen molar-refractivity contribution in [2.45, 2.75) is 25.1 Å². The lowest BCUT2D eigenvalue weighted by molar-refractivity contribution is -0.121. The first-order valence-electron chi connectivity index (χ1n) is 10.6. The lowest BCUT2D eigenvalue weighted by Crippen LogP contribution is -2.37. The number of amides is 2. The molecule has 0 bridgehead atoms. The number of nitrogens with one attached hydrogen (secondary N) is 2. The predicted molar refractivity (Wildman–Crippen MR) is 131 cm³/mol. The zero-order valence-electron chi connectivity index (χ0n) is 18.6. The first-order valence-corrected chi connectivity index (χ1v) is 11.7. The Hall–Kier alpha value is -3.32. The van der Waals surface area contributed by atoms with Crippen LogP contribution in [-0.4, -0.2) is 29.4 Å². The highest BCUT2D eigenvalue weighted by Crippen LogP contribution is 2.21. The molecule has 2 atom stereocenters. The van der Waals surface area contributed by atoms with Crippen LogP contribution in [-0.2, 0) is 9.59 Å². The van der Waals surface area contributed by atoms with Gasteiger partial charge in [-0.3, -0.25) is 9.59 Å². The number of carbonyl (C=O) groups excluding carboxylic acids is 2. The fourth-order valence-corrected chi connectivity index (χ4v) is 3.73. The number of ether oxygens (including phenoxy) is 1. The van der Waals surface area contributed by atoms with E-state index >= 15 is 0 Å². The minimum atomic E-state index is -0.470. The van der Waals surface area contributed by atoms with E-state index in [1.54, 1.807) is 25.1 Å². The van der Waals surface area contributed by atoms with Gasteiger partial charge in [-0.25, -0.2) is 4.39 Å². The number of para-hydroxylation sites is 1. The molecule has 3 aromatic carbocycles. The Balaban J connectivity index is 1.55. The Morgan fingerprint density at radius 1 is 0.970 bits per heavy atom. The molecule has 3 aromatic rings. The average molecular weight is 467 g/mol. The minimum Gasteiger partial charge on any atom is -0.488 e. The molecule has 0 saturated carbocycles. The molecule has 3 rings (SSSR count). The summed E-state index contributed by atoms with van der Waals surface area (Å²) in [6.07, 6.45) is 0. The summed E-state index contributed by atoms with van der Waals surface area (Å²) in [7, 11) is 0. The highest BCUT2D eigenvalue weighted by atomic mass is 32.2. The summed E-state index contributed by atoms with van der Waals surface area (Å²) in [6.45, 7) is 3.80. The van der Waals surface area contributed by atoms with Crippen molar-refractivity contribution in [1.82, 2.24) is 5.32 Å². The lowest BCUT2D eigenvalue weighted by atomic mass is 10.1. The molecule has 33 heavy (non-hydrogen) atoms. The van der Waals surface area contributed by atoms with E-state index in [4.69, 9.17) is 4.74 Å². The smallest absolute Gasteiger partial charge is 0.234 e. The maximum Gasteiger partial charge on any atom is 0.234 e. The molecule has 0 aliphatic rings. The van der Waals surface area contributed by atoms with Crippen molar-refractivity contribution >= 4 is 29.3 Å². The van der Waals surface area contributed by atoms with Crippen LogP contribution >= 0.6 is 11.8 Å². The normalized spacial score (nSPS) is 12.5. The molecule has 0 radical (unpaired) electrons. The van der Waals surface area contributed by atoms with Crippen LogP contribution in [0, 0.1) is 12.7 Å². The fourth-order valence-electron chi connectivity index (χ4n) is 3.04. The number of carbonyl (C=O) groups is 2. The zero-order valence-corrected chi connectivity index (χ0v) is 19.4. The summed E-state index contributed by atoms with van der Waals surface area (Å²) >= 11 is 1.24. The third kappa shape index (κ3) is 7.64. The molecule has 0 saturated heterocycles. The summed E-state index contributed by atoms with van der Waals surface area (Å²) in [4.78, 5) is 25.1. The van der Waals surface area contributed by atoms with Gasteiger partial charge in [0.05, 0.1) is 17.0 Å². The molecule has 7 heteroatoms. The Labute approximate surface area is 197 Å². The molecule has 2 unspecified atom stereocenters. The highest BCUT2D eigenvalue weighted by molar-refractivity contribution is 8.01. The summed E-state index contributed by atoms with van der Waals surface area (Å²) in [5.74, 6) is -0.591. The molecule has 0 aliphatic carbocycles. The Kier molecular flexibility index (Phi) is 8.89. The SMILES string of the molecule is Cc1ccc(NC(=O)CSC(C)C(=O)NC(COc2ccccc2F)c2ccccc2)cc1. The molecule has 5 nitrogen and oxygen atoms in total. The van der Waals surface area contributed by atoms with Crippen LogP contribution in [0.1, 0.15) is 24.1 Å². The van der Waals surface area contributed by atoms with E-state index in [0.29, 0.717) is 0 Å². The van der Waals surface area contributed by atoms with E-state index in [0.717, 1.165) is 16.8 Å². The zero-order chi connectivity index (χ0) is 23.6. The van der Waals surface area contributed by atoms with Crippen molar-refractivity contribution in [2.24, 2.45) is 0 Å². The highest BCUT2D eigenvalue weighted by Gasteiger charge is 2.21. The first-order chi connectivity index (χ1) is 15.9. The Bertz CT molecular complexity index is 1060. The summed E-state index contributed by atoms with van der Waals surface area (Å²) in [6, 6.07) is 22.6. The van der Waals surface area contributed by atoms with Crippen molar-refractivity contribution in [2.75, 3.05) is 17.7 Å². The van der Waals surface area contributed by atoms with Crippen molar-refractivity contribution in [3.05, 3.63) is 95.8 Å². The number of hydrogen-bond donors (Lipinski definition) is 2. The van der Waals surface area contributed by atoms with Gasteiger partial charge in [-0.2, -0.15) is 0 Å². The van der Waals surface area contributed by atoms with Crippen molar-refractivity contribution in [3.8, 4) is 5.75 Å². The van der Waals surface area contributed by atoms with Gasteiger partial charge in [0, 0.05) is 5.69 Å². The van der Waals surface area contributed by atoms with Gasteiger partial charge in [-0.1, -0.05) is 60.2 Å². The van der Waals surface area contributed by atoms with Gasteiger partial charge in [0.1, 0.15) is 6.61 Å². The minimum absolute atomic E-state index is 0.0714. The number of hydrogen-bond acceptors (Lipinski definition) is 4. The van der Waals surface area contributed by atoms with Gasteiger partial charge in [0.25, 0.3) is 0 Å². The summed E-state index contributed by atoms with van der Waals surface area (Å²) in [5, 5.41) is 5.33. The predicted octanol–water partition coefficient (Wildman–Crippen LogP) is 5.13. The van der Waals surface area contributed by atoms with Gasteiger partial charge in [0.2, 0.25) is 11.8 Å². The maximum atomic E-state index is 13.9. The molecule has 2 N–H and O–H groups in total. The van der Waals surface area contributed by atoms with E-state index in [1.165, 1.54) is 17.8 Å². The number of halogens is 1. The fraction of sp³-hybridized carbons (Fsp3) is 0.231. The van der Waals surface area contributed by atoms with Crippen LogP contribution in [0.25, 0.3) is 0 Å². The third-order valence-electron chi connectivity index (χ3n) is 4.93. The van der Waals surface area contributed by atoms with Crippen LogP contribution in [0.2, 0.25) is 0 Å². The van der Waals surface area contributed by atoms with Crippen molar-refractivity contribution < 1.29 is 18.7 Å². The average Bonchev–Trinajstić information content (AvgIpc) is 2.83. The van der Waals surface area contributed by atoms with Gasteiger partial charge in [-0.15, -0.1) is 11.8 Å². The van der Waals surface area contributed by atoms with Gasteiger partial charge < -0.3 is 15.4 Å². The second kappa shape index (κ2) is 12.1. The lowest BCUT2D eigenvalue weighted by Gasteiger charge is -2.22. The second-order valence-electron chi connectivity index (χ2n) is 7.58. The summed E-state index contributed by atoms with van der Waals surface area (Å²) in [5.41, 5.74) is 2.67. The molecule has 0 fully saturated rings. The molecule has 2 amide bonds. The second-order valence-corrected chi connectivity index (χ2v) is 8.91. The topological polar surface area (TPSA) is 67.4 Å². The Morgan fingerprint density at radius 2 is 1.64 bits per heavy atom. The van der Waals surface area contributed by atoms with E-state index in [-0.39, 0.29) is 29.9 Å². The quantitative estimate of drug-likeness (QED) is 0.435. The van der Waals surface area contributed by atoms with Crippen LogP contribution < -0.4 is 15.4 Å². The first kappa shape index (κ1) is 24.3. The van der Waals surface area contributed by atoms with Crippen LogP contribution in [0.3, 0.4) is 0 Å². The monoisotopic (exact) mass is 466 g/mol. The van der Waals surface area contributed by atoms with Crippen LogP contribution in [0.5, 0.6) is 5.75 Å². The van der Waals surface area contributed by atoms with E-state index in [2.05, 4.69) is 10.6 Å². The van der Waals surface area contributed by atoms with Crippen molar-refractivity contribution in [1.29, 1.82) is 0 Å². The largest absolute Gasteiger partial charge is 0.488 e. The van der Waals surface area contributed by atoms with E-state index in [9.17, 15) is 14.0 Å². The van der Waals surface area contributed by atoms with Gasteiger partial charge >= 0.3 is 0 Å². The molecule has 0 spiro atoms. The maximum absolute atomic E-state index is 13.9. The molecular weight excluding hydrogens is 439 g/mol. The summed E-state index contributed by atoms with van der Waals surface area (Å²) < 4.78 is 19.6. The third-order valence-corrected chi connectivity index (χ3v) is 6.07. The molecule has 0 aromatic heterocycles. The number of thioether (sulfide) groups is 1. The number of aryl methyl sites for hydroxylation is 1. The molecule has 172 valence electrons. The van der Waals surface area contributed by atoms with E-state index in [1.807, 2.05) is 61.5 Å². The Morgan fingerprint density at radius 3 is 2.33 bits per heavy atom. The molecular formula is C26H27FN2O3S. The number of anilines is 1. The molecule has 0 heterocycles. The van der Waals surface area contributed by atoms with Crippen molar-refractivity contribution in [3.63, 3.8) is 0 Å². The van der Waals surface area contributed by atoms with Crippen LogP contribution in [0.4, 0.5) is 10.1 Å². The van der Waals surface area contributed by atoms with Gasteiger partial charge in [0.15, 0.2) is 11.6 Å². The van der Waals surface area contributed by atoms with Gasteiger partial charge in [-0.05, 0) is 43.7 Å². The van der Waals surface area contributed by atoms with E-state index < -0.39 is 17.1 Å². The van der Waals surface area contributed by atoms with Crippen LogP contribution in [0.15, 0.2) is 78.9 Å². The number of rotatable bonds is 10.